The standard InChI is InChI=1S/C26H23BrClNO6/c1-32-22(30)15-23-34-21-6-4-3-5-20(21)24(29-19-13-9-17(27)10-14-19)26(35-23,25(31)33-2)16-7-11-18(28)12-8-16/h3-14,23-24,29H,15H2,1-2H3/t23-,24+,26+/m0/s1. The minimum atomic E-state index is -1.75. The molecule has 0 aromatic heterocycles. The lowest BCUT2D eigenvalue weighted by Gasteiger charge is -2.38. The number of hydrogen-bond acceptors (Lipinski definition) is 7. The summed E-state index contributed by atoms with van der Waals surface area (Å²) in [6.07, 6.45) is -1.39. The van der Waals surface area contributed by atoms with Crippen LogP contribution in [0.15, 0.2) is 77.3 Å². The minimum Gasteiger partial charge on any atom is -0.469 e. The molecule has 0 amide bonds. The molecule has 1 aliphatic rings. The van der Waals surface area contributed by atoms with E-state index in [0.29, 0.717) is 21.9 Å². The Morgan fingerprint density at radius 1 is 1.00 bits per heavy atom. The highest BCUT2D eigenvalue weighted by Gasteiger charge is 2.55. The predicted molar refractivity (Wildman–Crippen MR) is 134 cm³/mol. The molecule has 1 aliphatic heterocycles. The van der Waals surface area contributed by atoms with Gasteiger partial charge in [-0.25, -0.2) is 4.79 Å². The van der Waals surface area contributed by atoms with Crippen molar-refractivity contribution in [1.29, 1.82) is 0 Å². The maximum absolute atomic E-state index is 13.7. The van der Waals surface area contributed by atoms with Crippen molar-refractivity contribution in [3.8, 4) is 5.75 Å². The Bertz CT molecular complexity index is 1200. The van der Waals surface area contributed by atoms with Gasteiger partial charge in [-0.05, 0) is 48.0 Å². The molecule has 35 heavy (non-hydrogen) atoms. The van der Waals surface area contributed by atoms with Crippen molar-refractivity contribution in [2.75, 3.05) is 19.5 Å². The van der Waals surface area contributed by atoms with Crippen LogP contribution in [0.2, 0.25) is 5.02 Å². The van der Waals surface area contributed by atoms with Gasteiger partial charge in [0.15, 0.2) is 0 Å². The Kier molecular flexibility index (Phi) is 7.64. The van der Waals surface area contributed by atoms with Crippen LogP contribution in [-0.2, 0) is 29.4 Å². The first-order chi connectivity index (χ1) is 16.9. The summed E-state index contributed by atoms with van der Waals surface area (Å²) in [5.74, 6) is -0.776. The van der Waals surface area contributed by atoms with Gasteiger partial charge in [0.2, 0.25) is 11.9 Å². The molecule has 182 valence electrons. The fourth-order valence-corrected chi connectivity index (χ4v) is 4.44. The van der Waals surface area contributed by atoms with E-state index in [0.717, 1.165) is 10.2 Å². The molecule has 1 N–H and O–H groups in total. The molecule has 0 radical (unpaired) electrons. The number of nitrogens with one attached hydrogen (secondary N) is 1. The Morgan fingerprint density at radius 3 is 2.34 bits per heavy atom. The lowest BCUT2D eigenvalue weighted by molar-refractivity contribution is -0.209. The molecule has 3 aromatic rings. The predicted octanol–water partition coefficient (Wildman–Crippen LogP) is 5.62. The van der Waals surface area contributed by atoms with Gasteiger partial charge >= 0.3 is 11.9 Å². The van der Waals surface area contributed by atoms with Crippen LogP contribution in [-0.4, -0.2) is 32.4 Å². The van der Waals surface area contributed by atoms with E-state index >= 15 is 0 Å². The molecule has 4 rings (SSSR count). The van der Waals surface area contributed by atoms with Gasteiger partial charge in [-0.1, -0.05) is 57.9 Å². The van der Waals surface area contributed by atoms with E-state index < -0.39 is 29.9 Å². The maximum Gasteiger partial charge on any atom is 0.345 e. The monoisotopic (exact) mass is 559 g/mol. The number of hydrogen-bond donors (Lipinski definition) is 1. The molecular weight excluding hydrogens is 538 g/mol. The molecule has 0 saturated heterocycles. The Labute approximate surface area is 216 Å². The smallest absolute Gasteiger partial charge is 0.345 e. The van der Waals surface area contributed by atoms with Gasteiger partial charge in [-0.15, -0.1) is 0 Å². The molecule has 1 heterocycles. The van der Waals surface area contributed by atoms with Gasteiger partial charge in [0.1, 0.15) is 12.2 Å². The van der Waals surface area contributed by atoms with Gasteiger partial charge in [-0.3, -0.25) is 4.79 Å². The average Bonchev–Trinajstić information content (AvgIpc) is 3.00. The Balaban J connectivity index is 1.96. The number of ether oxygens (including phenoxy) is 4. The normalized spacial score (nSPS) is 21.1. The molecule has 3 aromatic carbocycles. The largest absolute Gasteiger partial charge is 0.469 e. The van der Waals surface area contributed by atoms with Crippen molar-refractivity contribution in [1.82, 2.24) is 0 Å². The van der Waals surface area contributed by atoms with E-state index in [1.54, 1.807) is 36.4 Å². The lowest BCUT2D eigenvalue weighted by Crippen LogP contribution is -2.49. The van der Waals surface area contributed by atoms with Crippen LogP contribution < -0.4 is 10.1 Å². The summed E-state index contributed by atoms with van der Waals surface area (Å²) in [7, 11) is 2.56. The topological polar surface area (TPSA) is 83.1 Å². The van der Waals surface area contributed by atoms with E-state index in [1.807, 2.05) is 36.4 Å². The quantitative estimate of drug-likeness (QED) is 0.392. The van der Waals surface area contributed by atoms with E-state index in [-0.39, 0.29) is 6.42 Å². The summed E-state index contributed by atoms with van der Waals surface area (Å²) in [5, 5.41) is 3.92. The minimum absolute atomic E-state index is 0.248. The molecule has 0 aliphatic carbocycles. The SMILES string of the molecule is COC(=O)C[C@H]1Oc2ccccc2[C@@H](Nc2ccc(Br)cc2)[C@@](C(=O)OC)(c2ccc(Cl)cc2)O1. The number of esters is 2. The van der Waals surface area contributed by atoms with E-state index in [4.69, 9.17) is 30.5 Å². The van der Waals surface area contributed by atoms with Gasteiger partial charge in [0.25, 0.3) is 0 Å². The highest BCUT2D eigenvalue weighted by molar-refractivity contribution is 9.10. The van der Waals surface area contributed by atoms with Gasteiger partial charge < -0.3 is 24.3 Å². The van der Waals surface area contributed by atoms with Crippen molar-refractivity contribution >= 4 is 45.2 Å². The number of carbonyl (C=O) groups excluding carboxylic acids is 2. The molecule has 0 fully saturated rings. The number of fused-ring (bicyclic) bond motifs is 1. The molecule has 0 saturated carbocycles. The number of halogens is 2. The fraction of sp³-hybridized carbons (Fsp3) is 0.231. The number of benzene rings is 3. The first-order valence-electron chi connectivity index (χ1n) is 10.7. The molecule has 0 spiro atoms. The van der Waals surface area contributed by atoms with Crippen LogP contribution in [0.1, 0.15) is 23.6 Å². The Morgan fingerprint density at radius 2 is 1.69 bits per heavy atom. The molecule has 9 heteroatoms. The zero-order valence-electron chi connectivity index (χ0n) is 19.0. The first-order valence-corrected chi connectivity index (χ1v) is 11.9. The van der Waals surface area contributed by atoms with E-state index in [9.17, 15) is 9.59 Å². The highest BCUT2D eigenvalue weighted by atomic mass is 79.9. The first kappa shape index (κ1) is 25.0. The molecule has 0 unspecified atom stereocenters. The number of methoxy groups -OCH3 is 2. The number of para-hydroxylation sites is 1. The van der Waals surface area contributed by atoms with Crippen molar-refractivity contribution in [3.05, 3.63) is 93.4 Å². The molecule has 7 nitrogen and oxygen atoms in total. The molecular formula is C26H23BrClNO6. The van der Waals surface area contributed by atoms with Crippen molar-refractivity contribution in [2.24, 2.45) is 0 Å². The van der Waals surface area contributed by atoms with Crippen LogP contribution in [0.4, 0.5) is 5.69 Å². The summed E-state index contributed by atoms with van der Waals surface area (Å²) in [4.78, 5) is 25.9. The van der Waals surface area contributed by atoms with Crippen molar-refractivity contribution in [2.45, 2.75) is 24.4 Å². The van der Waals surface area contributed by atoms with Crippen LogP contribution in [0, 0.1) is 0 Å². The highest BCUT2D eigenvalue weighted by Crippen LogP contribution is 2.48. The number of anilines is 1. The van der Waals surface area contributed by atoms with E-state index in [1.165, 1.54) is 14.2 Å². The van der Waals surface area contributed by atoms with Crippen LogP contribution in [0.3, 0.4) is 0 Å². The van der Waals surface area contributed by atoms with Crippen molar-refractivity contribution in [3.63, 3.8) is 0 Å². The second kappa shape index (κ2) is 10.7. The molecule has 3 atom stereocenters. The number of carbonyl (C=O) groups is 2. The summed E-state index contributed by atoms with van der Waals surface area (Å²) < 4.78 is 23.6. The molecule has 0 bridgehead atoms. The third-order valence-corrected chi connectivity index (χ3v) is 6.47. The zero-order valence-corrected chi connectivity index (χ0v) is 21.3. The third kappa shape index (κ3) is 5.15. The fourth-order valence-electron chi connectivity index (χ4n) is 4.05. The van der Waals surface area contributed by atoms with Gasteiger partial charge in [0.05, 0.1) is 20.3 Å². The van der Waals surface area contributed by atoms with E-state index in [2.05, 4.69) is 21.2 Å². The summed E-state index contributed by atoms with van der Waals surface area (Å²) >= 11 is 9.60. The second-order valence-corrected chi connectivity index (χ2v) is 9.15. The maximum atomic E-state index is 13.7. The number of rotatable bonds is 6. The van der Waals surface area contributed by atoms with Crippen LogP contribution in [0.5, 0.6) is 5.75 Å². The Hall–Kier alpha value is -3.07. The van der Waals surface area contributed by atoms with Gasteiger partial charge in [-0.2, -0.15) is 0 Å². The van der Waals surface area contributed by atoms with Gasteiger partial charge in [0, 0.05) is 20.7 Å². The summed E-state index contributed by atoms with van der Waals surface area (Å²) in [5.41, 5.74) is 0.0875. The summed E-state index contributed by atoms with van der Waals surface area (Å²) in [6, 6.07) is 20.6. The average molecular weight is 561 g/mol. The third-order valence-electron chi connectivity index (χ3n) is 5.69. The van der Waals surface area contributed by atoms with Crippen LogP contribution in [0.25, 0.3) is 0 Å². The zero-order chi connectivity index (χ0) is 25.0. The lowest BCUT2D eigenvalue weighted by atomic mass is 9.81. The second-order valence-electron chi connectivity index (χ2n) is 7.80. The van der Waals surface area contributed by atoms with Crippen molar-refractivity contribution < 1.29 is 28.5 Å². The summed E-state index contributed by atoms with van der Waals surface area (Å²) in [6.45, 7) is 0. The van der Waals surface area contributed by atoms with Crippen LogP contribution >= 0.6 is 27.5 Å².